The topological polar surface area (TPSA) is 24.9 Å². The van der Waals surface area contributed by atoms with E-state index >= 15 is 0 Å². The fraction of sp³-hybridized carbons (Fsp3) is 0.400. The maximum Gasteiger partial charge on any atom is 0.0794 e. The van der Waals surface area contributed by atoms with E-state index in [1.807, 2.05) is 11.7 Å². The van der Waals surface area contributed by atoms with Crippen LogP contribution < -0.4 is 5.32 Å². The lowest BCUT2D eigenvalue weighted by Crippen LogP contribution is -2.35. The molecule has 2 atom stereocenters. The fourth-order valence-electron chi connectivity index (χ4n) is 2.24. The van der Waals surface area contributed by atoms with Crippen LogP contribution in [0.3, 0.4) is 0 Å². The molecule has 1 N–H and O–H groups in total. The predicted octanol–water partition coefficient (Wildman–Crippen LogP) is 3.47. The number of hydrogen-bond acceptors (Lipinski definition) is 3. The quantitative estimate of drug-likeness (QED) is 0.860. The summed E-state index contributed by atoms with van der Waals surface area (Å²) in [6.07, 6.45) is 3.03. The standard InChI is InChI=1S/C15H20N2S/c1-3-17-15(9-14-10-16-11-18-14)12(2)13-7-5-4-6-8-13/h4-8,10-12,15,17H,3,9H2,1-2H3. The van der Waals surface area contributed by atoms with Crippen LogP contribution in [-0.2, 0) is 6.42 Å². The Morgan fingerprint density at radius 2 is 2.06 bits per heavy atom. The smallest absolute Gasteiger partial charge is 0.0794 e. The summed E-state index contributed by atoms with van der Waals surface area (Å²) in [7, 11) is 0. The fourth-order valence-corrected chi connectivity index (χ4v) is 2.89. The van der Waals surface area contributed by atoms with E-state index in [1.165, 1.54) is 10.4 Å². The van der Waals surface area contributed by atoms with Gasteiger partial charge in [-0.05, 0) is 24.4 Å². The lowest BCUT2D eigenvalue weighted by Gasteiger charge is -2.24. The van der Waals surface area contributed by atoms with Crippen LogP contribution in [0.1, 0.15) is 30.2 Å². The van der Waals surface area contributed by atoms with Gasteiger partial charge in [-0.15, -0.1) is 11.3 Å². The number of aromatic nitrogens is 1. The molecule has 2 rings (SSSR count). The molecular weight excluding hydrogens is 240 g/mol. The van der Waals surface area contributed by atoms with Gasteiger partial charge in [-0.1, -0.05) is 44.2 Å². The van der Waals surface area contributed by atoms with Crippen molar-refractivity contribution in [1.29, 1.82) is 0 Å². The van der Waals surface area contributed by atoms with Crippen molar-refractivity contribution in [2.45, 2.75) is 32.2 Å². The third-order valence-corrected chi connectivity index (χ3v) is 4.10. The summed E-state index contributed by atoms with van der Waals surface area (Å²) in [6.45, 7) is 5.46. The Hall–Kier alpha value is -1.19. The molecule has 1 heterocycles. The third kappa shape index (κ3) is 3.40. The van der Waals surface area contributed by atoms with Crippen molar-refractivity contribution >= 4 is 11.3 Å². The molecular formula is C15H20N2S. The second kappa shape index (κ2) is 6.66. The first-order chi connectivity index (χ1) is 8.81. The largest absolute Gasteiger partial charge is 0.313 e. The molecule has 1 aromatic carbocycles. The summed E-state index contributed by atoms with van der Waals surface area (Å²) in [5, 5.41) is 3.60. The van der Waals surface area contributed by atoms with Crippen molar-refractivity contribution in [2.75, 3.05) is 6.54 Å². The van der Waals surface area contributed by atoms with E-state index < -0.39 is 0 Å². The van der Waals surface area contributed by atoms with Gasteiger partial charge >= 0.3 is 0 Å². The average Bonchev–Trinajstić information content (AvgIpc) is 2.91. The molecule has 0 aliphatic heterocycles. The number of thiazole rings is 1. The van der Waals surface area contributed by atoms with Crippen molar-refractivity contribution in [3.8, 4) is 0 Å². The average molecular weight is 260 g/mol. The SMILES string of the molecule is CCNC(Cc1cncs1)C(C)c1ccccc1. The normalized spacial score (nSPS) is 14.3. The van der Waals surface area contributed by atoms with Crippen LogP contribution in [-0.4, -0.2) is 17.6 Å². The lowest BCUT2D eigenvalue weighted by molar-refractivity contribution is 0.460. The molecule has 0 saturated carbocycles. The van der Waals surface area contributed by atoms with Crippen LogP contribution in [0.4, 0.5) is 0 Å². The Kier molecular flexibility index (Phi) is 4.90. The van der Waals surface area contributed by atoms with Crippen LogP contribution in [0.25, 0.3) is 0 Å². The summed E-state index contributed by atoms with van der Waals surface area (Å²) in [5.41, 5.74) is 3.30. The van der Waals surface area contributed by atoms with Gasteiger partial charge in [0.15, 0.2) is 0 Å². The maximum absolute atomic E-state index is 4.16. The molecule has 0 fully saturated rings. The summed E-state index contributed by atoms with van der Waals surface area (Å²) in [4.78, 5) is 5.51. The Bertz CT molecular complexity index is 439. The molecule has 0 bridgehead atoms. The Morgan fingerprint density at radius 1 is 1.28 bits per heavy atom. The molecule has 2 unspecified atom stereocenters. The van der Waals surface area contributed by atoms with Gasteiger partial charge in [0.1, 0.15) is 0 Å². The molecule has 0 aliphatic carbocycles. The first-order valence-electron chi connectivity index (χ1n) is 6.47. The predicted molar refractivity (Wildman–Crippen MR) is 78.1 cm³/mol. The highest BCUT2D eigenvalue weighted by Gasteiger charge is 2.18. The highest BCUT2D eigenvalue weighted by atomic mass is 32.1. The zero-order valence-corrected chi connectivity index (χ0v) is 11.8. The van der Waals surface area contributed by atoms with Crippen molar-refractivity contribution in [3.63, 3.8) is 0 Å². The number of nitrogens with zero attached hydrogens (tertiary/aromatic N) is 1. The van der Waals surface area contributed by atoms with E-state index in [0.29, 0.717) is 12.0 Å². The Balaban J connectivity index is 2.09. The van der Waals surface area contributed by atoms with Crippen molar-refractivity contribution in [1.82, 2.24) is 10.3 Å². The highest BCUT2D eigenvalue weighted by Crippen LogP contribution is 2.22. The minimum Gasteiger partial charge on any atom is -0.313 e. The van der Waals surface area contributed by atoms with E-state index in [-0.39, 0.29) is 0 Å². The van der Waals surface area contributed by atoms with Crippen LogP contribution in [0, 0.1) is 0 Å². The van der Waals surface area contributed by atoms with E-state index in [2.05, 4.69) is 54.5 Å². The molecule has 0 radical (unpaired) electrons. The summed E-state index contributed by atoms with van der Waals surface area (Å²) in [5.74, 6) is 0.508. The van der Waals surface area contributed by atoms with Crippen LogP contribution in [0.15, 0.2) is 42.0 Å². The van der Waals surface area contributed by atoms with E-state index in [0.717, 1.165) is 13.0 Å². The van der Waals surface area contributed by atoms with Gasteiger partial charge in [0, 0.05) is 17.1 Å². The molecule has 18 heavy (non-hydrogen) atoms. The molecule has 96 valence electrons. The van der Waals surface area contributed by atoms with Crippen molar-refractivity contribution in [3.05, 3.63) is 52.5 Å². The van der Waals surface area contributed by atoms with Gasteiger partial charge in [0.25, 0.3) is 0 Å². The number of nitrogens with one attached hydrogen (secondary N) is 1. The monoisotopic (exact) mass is 260 g/mol. The minimum atomic E-state index is 0.470. The van der Waals surface area contributed by atoms with Gasteiger partial charge in [-0.25, -0.2) is 0 Å². The molecule has 2 aromatic rings. The molecule has 0 aliphatic rings. The molecule has 0 spiro atoms. The number of rotatable bonds is 6. The van der Waals surface area contributed by atoms with Gasteiger partial charge in [-0.3, -0.25) is 4.98 Å². The lowest BCUT2D eigenvalue weighted by atomic mass is 9.91. The number of likely N-dealkylation sites (N-methyl/N-ethyl adjacent to an activating group) is 1. The highest BCUT2D eigenvalue weighted by molar-refractivity contribution is 7.09. The van der Waals surface area contributed by atoms with E-state index in [9.17, 15) is 0 Å². The first kappa shape index (κ1) is 13.2. The third-order valence-electron chi connectivity index (χ3n) is 3.30. The van der Waals surface area contributed by atoms with Gasteiger partial charge < -0.3 is 5.32 Å². The molecule has 3 heteroatoms. The second-order valence-corrected chi connectivity index (χ2v) is 5.51. The molecule has 0 saturated heterocycles. The second-order valence-electron chi connectivity index (χ2n) is 4.54. The molecule has 2 nitrogen and oxygen atoms in total. The van der Waals surface area contributed by atoms with E-state index in [4.69, 9.17) is 0 Å². The molecule has 1 aromatic heterocycles. The minimum absolute atomic E-state index is 0.470. The maximum atomic E-state index is 4.16. The zero-order valence-electron chi connectivity index (χ0n) is 11.0. The molecule has 0 amide bonds. The van der Waals surface area contributed by atoms with E-state index in [1.54, 1.807) is 11.3 Å². The van der Waals surface area contributed by atoms with Crippen LogP contribution in [0.5, 0.6) is 0 Å². The van der Waals surface area contributed by atoms with Crippen molar-refractivity contribution < 1.29 is 0 Å². The Morgan fingerprint density at radius 3 is 2.67 bits per heavy atom. The summed E-state index contributed by atoms with van der Waals surface area (Å²) < 4.78 is 0. The van der Waals surface area contributed by atoms with Crippen LogP contribution in [0.2, 0.25) is 0 Å². The van der Waals surface area contributed by atoms with Gasteiger partial charge in [-0.2, -0.15) is 0 Å². The van der Waals surface area contributed by atoms with Gasteiger partial charge in [0.2, 0.25) is 0 Å². The zero-order chi connectivity index (χ0) is 12.8. The van der Waals surface area contributed by atoms with Crippen molar-refractivity contribution in [2.24, 2.45) is 0 Å². The summed E-state index contributed by atoms with van der Waals surface area (Å²) >= 11 is 1.74. The Labute approximate surface area is 113 Å². The van der Waals surface area contributed by atoms with Gasteiger partial charge in [0.05, 0.1) is 5.51 Å². The first-order valence-corrected chi connectivity index (χ1v) is 7.35. The number of hydrogen-bond donors (Lipinski definition) is 1. The van der Waals surface area contributed by atoms with Crippen LogP contribution >= 0.6 is 11.3 Å². The number of benzene rings is 1. The summed E-state index contributed by atoms with van der Waals surface area (Å²) in [6, 6.07) is 11.2.